The smallest absolute Gasteiger partial charge is 0.335 e. The van der Waals surface area contributed by atoms with E-state index in [0.29, 0.717) is 5.56 Å². The number of carboxylic acids is 1. The lowest BCUT2D eigenvalue weighted by Gasteiger charge is -1.98. The van der Waals surface area contributed by atoms with Gasteiger partial charge in [0.25, 0.3) is 0 Å². The minimum Gasteiger partial charge on any atom is -0.478 e. The van der Waals surface area contributed by atoms with Gasteiger partial charge in [0, 0.05) is 12.3 Å². The lowest BCUT2D eigenvalue weighted by Crippen LogP contribution is -1.95. The molecule has 3 nitrogen and oxygen atoms in total. The van der Waals surface area contributed by atoms with E-state index in [4.69, 9.17) is 5.11 Å². The standard InChI is InChI=1S/C14H9F2NO2/c15-11-5-6-12(16)13(7-11)17-8-9-1-3-10(4-2-9)14(18)19/h1-8H,(H,18,19)/b17-8+. The quantitative estimate of drug-likeness (QED) is 0.861. The average molecular weight is 261 g/mol. The number of nitrogens with zero attached hydrogens (tertiary/aromatic N) is 1. The number of aliphatic imine (C=N–C) groups is 1. The highest BCUT2D eigenvalue weighted by molar-refractivity contribution is 5.89. The fraction of sp³-hybridized carbons (Fsp3) is 0. The third kappa shape index (κ3) is 3.22. The molecule has 2 aromatic rings. The third-order valence-corrected chi connectivity index (χ3v) is 2.42. The van der Waals surface area contributed by atoms with Crippen molar-refractivity contribution in [2.45, 2.75) is 0 Å². The highest BCUT2D eigenvalue weighted by Gasteiger charge is 2.02. The molecular formula is C14H9F2NO2. The van der Waals surface area contributed by atoms with Gasteiger partial charge < -0.3 is 5.11 Å². The predicted octanol–water partition coefficient (Wildman–Crippen LogP) is 3.41. The molecule has 0 fully saturated rings. The van der Waals surface area contributed by atoms with E-state index < -0.39 is 17.6 Å². The summed E-state index contributed by atoms with van der Waals surface area (Å²) < 4.78 is 26.2. The zero-order valence-electron chi connectivity index (χ0n) is 9.68. The Labute approximate surface area is 107 Å². The predicted molar refractivity (Wildman–Crippen MR) is 67.0 cm³/mol. The summed E-state index contributed by atoms with van der Waals surface area (Å²) in [5.41, 5.74) is 0.630. The maximum Gasteiger partial charge on any atom is 0.335 e. The molecule has 1 N–H and O–H groups in total. The molecule has 2 rings (SSSR count). The van der Waals surface area contributed by atoms with Crippen LogP contribution in [0.1, 0.15) is 15.9 Å². The highest BCUT2D eigenvalue weighted by atomic mass is 19.1. The Morgan fingerprint density at radius 3 is 2.42 bits per heavy atom. The normalized spacial score (nSPS) is 10.8. The summed E-state index contributed by atoms with van der Waals surface area (Å²) in [6.07, 6.45) is 1.34. The van der Waals surface area contributed by atoms with Crippen LogP contribution < -0.4 is 0 Å². The zero-order valence-corrected chi connectivity index (χ0v) is 9.68. The van der Waals surface area contributed by atoms with Crippen LogP contribution in [0.5, 0.6) is 0 Å². The van der Waals surface area contributed by atoms with Gasteiger partial charge in [-0.05, 0) is 29.8 Å². The Bertz CT molecular complexity index is 636. The fourth-order valence-electron chi connectivity index (χ4n) is 1.44. The Hall–Kier alpha value is -2.56. The van der Waals surface area contributed by atoms with Crippen molar-refractivity contribution in [3.8, 4) is 0 Å². The van der Waals surface area contributed by atoms with E-state index in [2.05, 4.69) is 4.99 Å². The molecule has 5 heteroatoms. The molecule has 0 radical (unpaired) electrons. The number of hydrogen-bond acceptors (Lipinski definition) is 2. The van der Waals surface area contributed by atoms with Crippen molar-refractivity contribution in [3.63, 3.8) is 0 Å². The van der Waals surface area contributed by atoms with Crippen LogP contribution in [0.25, 0.3) is 0 Å². The monoisotopic (exact) mass is 261 g/mol. The van der Waals surface area contributed by atoms with Crippen molar-refractivity contribution in [2.24, 2.45) is 4.99 Å². The molecule has 0 unspecified atom stereocenters. The van der Waals surface area contributed by atoms with Crippen molar-refractivity contribution >= 4 is 17.9 Å². The van der Waals surface area contributed by atoms with Crippen molar-refractivity contribution < 1.29 is 18.7 Å². The van der Waals surface area contributed by atoms with Gasteiger partial charge in [-0.15, -0.1) is 0 Å². The second-order valence-electron chi connectivity index (χ2n) is 3.78. The van der Waals surface area contributed by atoms with Crippen LogP contribution in [0.15, 0.2) is 47.5 Å². The van der Waals surface area contributed by atoms with E-state index in [0.717, 1.165) is 18.2 Å². The molecular weight excluding hydrogens is 252 g/mol. The van der Waals surface area contributed by atoms with Crippen LogP contribution in [-0.4, -0.2) is 17.3 Å². The molecule has 19 heavy (non-hydrogen) atoms. The number of carboxylic acid groups (broad SMARTS) is 1. The largest absolute Gasteiger partial charge is 0.478 e. The van der Waals surface area contributed by atoms with E-state index in [1.807, 2.05) is 0 Å². The molecule has 0 atom stereocenters. The average Bonchev–Trinajstić information content (AvgIpc) is 2.40. The second kappa shape index (κ2) is 5.39. The van der Waals surface area contributed by atoms with Crippen LogP contribution in [0, 0.1) is 11.6 Å². The molecule has 0 saturated heterocycles. The highest BCUT2D eigenvalue weighted by Crippen LogP contribution is 2.18. The van der Waals surface area contributed by atoms with Crippen molar-refractivity contribution in [1.29, 1.82) is 0 Å². The van der Waals surface area contributed by atoms with E-state index in [9.17, 15) is 13.6 Å². The SMILES string of the molecule is O=C(O)c1ccc(/C=N/c2cc(F)ccc2F)cc1. The Morgan fingerprint density at radius 1 is 1.11 bits per heavy atom. The maximum atomic E-state index is 13.3. The molecule has 0 bridgehead atoms. The Kier molecular flexibility index (Phi) is 3.66. The molecule has 0 spiro atoms. The first-order valence-electron chi connectivity index (χ1n) is 5.39. The summed E-state index contributed by atoms with van der Waals surface area (Å²) in [6, 6.07) is 8.87. The molecule has 0 aliphatic carbocycles. The van der Waals surface area contributed by atoms with Gasteiger partial charge >= 0.3 is 5.97 Å². The van der Waals surface area contributed by atoms with Crippen molar-refractivity contribution in [1.82, 2.24) is 0 Å². The van der Waals surface area contributed by atoms with E-state index in [1.165, 1.54) is 30.5 Å². The summed E-state index contributed by atoms with van der Waals surface area (Å²) in [7, 11) is 0. The minimum absolute atomic E-state index is 0.109. The first kappa shape index (κ1) is 12.9. The van der Waals surface area contributed by atoms with Crippen LogP contribution in [0.3, 0.4) is 0 Å². The van der Waals surface area contributed by atoms with Crippen LogP contribution in [-0.2, 0) is 0 Å². The Balaban J connectivity index is 2.22. The molecule has 96 valence electrons. The molecule has 0 amide bonds. The molecule has 0 aliphatic rings. The van der Waals surface area contributed by atoms with E-state index in [-0.39, 0.29) is 11.3 Å². The first-order valence-corrected chi connectivity index (χ1v) is 5.39. The molecule has 2 aromatic carbocycles. The van der Waals surface area contributed by atoms with Gasteiger partial charge in [0.15, 0.2) is 0 Å². The van der Waals surface area contributed by atoms with Gasteiger partial charge in [-0.1, -0.05) is 12.1 Å². The second-order valence-corrected chi connectivity index (χ2v) is 3.78. The summed E-state index contributed by atoms with van der Waals surface area (Å²) in [5, 5.41) is 8.73. The van der Waals surface area contributed by atoms with Gasteiger partial charge in [-0.3, -0.25) is 4.99 Å². The minimum atomic E-state index is -1.03. The number of halogens is 2. The zero-order chi connectivity index (χ0) is 13.8. The summed E-state index contributed by atoms with van der Waals surface area (Å²) >= 11 is 0. The van der Waals surface area contributed by atoms with Gasteiger partial charge in [0.05, 0.1) is 5.56 Å². The lowest BCUT2D eigenvalue weighted by atomic mass is 10.1. The van der Waals surface area contributed by atoms with Gasteiger partial charge in [-0.2, -0.15) is 0 Å². The van der Waals surface area contributed by atoms with Crippen molar-refractivity contribution in [3.05, 3.63) is 65.2 Å². The van der Waals surface area contributed by atoms with Gasteiger partial charge in [-0.25, -0.2) is 13.6 Å². The molecule has 0 aromatic heterocycles. The molecule has 0 saturated carbocycles. The van der Waals surface area contributed by atoms with E-state index in [1.54, 1.807) is 0 Å². The van der Waals surface area contributed by atoms with Gasteiger partial charge in [0.1, 0.15) is 17.3 Å². The third-order valence-electron chi connectivity index (χ3n) is 2.42. The number of carbonyl (C=O) groups is 1. The number of hydrogen-bond donors (Lipinski definition) is 1. The Morgan fingerprint density at radius 2 is 1.79 bits per heavy atom. The van der Waals surface area contributed by atoms with Crippen molar-refractivity contribution in [2.75, 3.05) is 0 Å². The summed E-state index contributed by atoms with van der Waals surface area (Å²) in [4.78, 5) is 14.5. The van der Waals surface area contributed by atoms with Crippen LogP contribution >= 0.6 is 0 Å². The topological polar surface area (TPSA) is 49.7 Å². The van der Waals surface area contributed by atoms with Gasteiger partial charge in [0.2, 0.25) is 0 Å². The number of benzene rings is 2. The fourth-order valence-corrected chi connectivity index (χ4v) is 1.44. The molecule has 0 heterocycles. The maximum absolute atomic E-state index is 13.3. The number of aromatic carboxylic acids is 1. The summed E-state index contributed by atoms with van der Waals surface area (Å²) in [6.45, 7) is 0. The molecule has 0 aliphatic heterocycles. The lowest BCUT2D eigenvalue weighted by molar-refractivity contribution is 0.0697. The van der Waals surface area contributed by atoms with Crippen LogP contribution in [0.4, 0.5) is 14.5 Å². The van der Waals surface area contributed by atoms with Crippen LogP contribution in [0.2, 0.25) is 0 Å². The number of rotatable bonds is 3. The first-order chi connectivity index (χ1) is 9.06. The summed E-state index contributed by atoms with van der Waals surface area (Å²) in [5.74, 6) is -2.23. The van der Waals surface area contributed by atoms with E-state index >= 15 is 0 Å².